The molecule has 3 aromatic rings. The van der Waals surface area contributed by atoms with Gasteiger partial charge in [0.2, 0.25) is 0 Å². The van der Waals surface area contributed by atoms with Crippen LogP contribution >= 0.6 is 46.1 Å². The Bertz CT molecular complexity index is 1090. The number of carbonyl (C=O) groups is 1. The molecule has 0 bridgehead atoms. The summed E-state index contributed by atoms with van der Waals surface area (Å²) in [5.74, 6) is -0.573. The van der Waals surface area contributed by atoms with Crippen molar-refractivity contribution < 1.29 is 9.53 Å². The molecule has 6 nitrogen and oxygen atoms in total. The normalized spacial score (nSPS) is 12.4. The van der Waals surface area contributed by atoms with E-state index in [9.17, 15) is 9.59 Å². The maximum Gasteiger partial charge on any atom is 0.359 e. The van der Waals surface area contributed by atoms with Crippen molar-refractivity contribution in [2.24, 2.45) is 0 Å². The predicted octanol–water partition coefficient (Wildman–Crippen LogP) is 4.87. The molecule has 0 amide bonds. The fourth-order valence-electron chi connectivity index (χ4n) is 2.32. The number of H-pyrrole nitrogens is 1. The minimum absolute atomic E-state index is 0.0143. The number of thiophene rings is 1. The second kappa shape index (κ2) is 7.15. The monoisotopic (exact) mass is 431 g/mol. The van der Waals surface area contributed by atoms with Crippen LogP contribution in [0.5, 0.6) is 0 Å². The molecule has 0 aliphatic heterocycles. The maximum atomic E-state index is 12.3. The average molecular weight is 433 g/mol. The van der Waals surface area contributed by atoms with Gasteiger partial charge in [0.25, 0.3) is 5.56 Å². The topological polar surface area (TPSA) is 84.9 Å². The van der Waals surface area contributed by atoms with Crippen LogP contribution in [-0.4, -0.2) is 20.9 Å². The minimum atomic E-state index is -0.824. The average Bonchev–Trinajstić information content (AvgIpc) is 2.87. The number of esters is 1. The molecule has 0 fully saturated rings. The molecule has 1 atom stereocenters. The summed E-state index contributed by atoms with van der Waals surface area (Å²) in [6.45, 7) is 5.37. The van der Waals surface area contributed by atoms with Crippen molar-refractivity contribution in [1.82, 2.24) is 15.0 Å². The smallest absolute Gasteiger partial charge is 0.359 e. The van der Waals surface area contributed by atoms with Gasteiger partial charge >= 0.3 is 5.97 Å². The number of hydrogen-bond donors (Lipinski definition) is 1. The summed E-state index contributed by atoms with van der Waals surface area (Å²) in [7, 11) is 0. The Morgan fingerprint density at radius 3 is 2.65 bits per heavy atom. The van der Waals surface area contributed by atoms with E-state index in [1.807, 2.05) is 13.8 Å². The van der Waals surface area contributed by atoms with Crippen LogP contribution < -0.4 is 5.56 Å². The Kier molecular flexibility index (Phi) is 5.25. The molecule has 136 valence electrons. The SMILES string of the molecule is Cc1sc2nc([C@H](C)OC(=O)c3ncc(Cl)c(Cl)c3Cl)[nH]c(=O)c2c1C. The number of rotatable bonds is 3. The van der Waals surface area contributed by atoms with Gasteiger partial charge in [0.15, 0.2) is 17.6 Å². The zero-order valence-electron chi connectivity index (χ0n) is 13.8. The van der Waals surface area contributed by atoms with Crippen molar-refractivity contribution in [2.75, 3.05) is 0 Å². The van der Waals surface area contributed by atoms with E-state index in [1.54, 1.807) is 6.92 Å². The molecule has 10 heteroatoms. The minimum Gasteiger partial charge on any atom is -0.450 e. The molecule has 3 heterocycles. The number of aromatic nitrogens is 3. The maximum absolute atomic E-state index is 12.3. The summed E-state index contributed by atoms with van der Waals surface area (Å²) in [5.41, 5.74) is 0.446. The first kappa shape index (κ1) is 19.1. The van der Waals surface area contributed by atoms with Crippen molar-refractivity contribution in [3.8, 4) is 0 Å². The van der Waals surface area contributed by atoms with Gasteiger partial charge in [-0.2, -0.15) is 0 Å². The highest BCUT2D eigenvalue weighted by atomic mass is 35.5. The first-order chi connectivity index (χ1) is 12.2. The zero-order valence-corrected chi connectivity index (χ0v) is 16.9. The van der Waals surface area contributed by atoms with Gasteiger partial charge in [-0.05, 0) is 26.3 Å². The number of ether oxygens (including phenoxy) is 1. The third-order valence-electron chi connectivity index (χ3n) is 3.84. The number of aromatic amines is 1. The van der Waals surface area contributed by atoms with E-state index >= 15 is 0 Å². The fraction of sp³-hybridized carbons (Fsp3) is 0.250. The van der Waals surface area contributed by atoms with Gasteiger partial charge in [0.05, 0.1) is 20.5 Å². The number of pyridine rings is 1. The van der Waals surface area contributed by atoms with Gasteiger partial charge in [-0.3, -0.25) is 4.79 Å². The number of fused-ring (bicyclic) bond motifs is 1. The molecular weight excluding hydrogens is 421 g/mol. The Morgan fingerprint density at radius 1 is 1.27 bits per heavy atom. The van der Waals surface area contributed by atoms with E-state index in [0.717, 1.165) is 10.4 Å². The Hall–Kier alpha value is -1.67. The molecule has 0 aliphatic rings. The molecule has 0 saturated heterocycles. The number of hydrogen-bond acceptors (Lipinski definition) is 6. The van der Waals surface area contributed by atoms with Crippen molar-refractivity contribution in [3.63, 3.8) is 0 Å². The number of carbonyl (C=O) groups excluding carboxylic acids is 1. The van der Waals surface area contributed by atoms with Gasteiger partial charge in [0.1, 0.15) is 4.83 Å². The summed E-state index contributed by atoms with van der Waals surface area (Å²) in [6.07, 6.45) is 0.384. The summed E-state index contributed by atoms with van der Waals surface area (Å²) in [5, 5.41) is 0.586. The van der Waals surface area contributed by atoms with Crippen LogP contribution in [0.3, 0.4) is 0 Å². The van der Waals surface area contributed by atoms with E-state index in [-0.39, 0.29) is 32.1 Å². The molecule has 3 aromatic heterocycles. The number of nitrogens with one attached hydrogen (secondary N) is 1. The Morgan fingerprint density at radius 2 is 1.96 bits per heavy atom. The van der Waals surface area contributed by atoms with Crippen molar-refractivity contribution in [3.05, 3.63) is 53.6 Å². The molecule has 26 heavy (non-hydrogen) atoms. The van der Waals surface area contributed by atoms with Crippen LogP contribution in [0.4, 0.5) is 0 Å². The van der Waals surface area contributed by atoms with Gasteiger partial charge in [-0.15, -0.1) is 11.3 Å². The lowest BCUT2D eigenvalue weighted by Gasteiger charge is -2.13. The molecule has 0 saturated carbocycles. The van der Waals surface area contributed by atoms with Crippen molar-refractivity contribution in [2.45, 2.75) is 26.9 Å². The van der Waals surface area contributed by atoms with E-state index in [0.29, 0.717) is 10.2 Å². The van der Waals surface area contributed by atoms with Crippen LogP contribution in [0.1, 0.15) is 39.8 Å². The summed E-state index contributed by atoms with van der Waals surface area (Å²) < 4.78 is 5.32. The highest BCUT2D eigenvalue weighted by Crippen LogP contribution is 2.32. The summed E-state index contributed by atoms with van der Waals surface area (Å²) >= 11 is 19.1. The number of halogens is 3. The molecule has 3 rings (SSSR count). The lowest BCUT2D eigenvalue weighted by molar-refractivity contribution is 0.0313. The molecular formula is C16H12Cl3N3O3S. The van der Waals surface area contributed by atoms with E-state index in [2.05, 4.69) is 15.0 Å². The fourth-order valence-corrected chi connectivity index (χ4v) is 3.92. The second-order valence-corrected chi connectivity index (χ2v) is 7.91. The molecule has 0 radical (unpaired) electrons. The van der Waals surface area contributed by atoms with E-state index < -0.39 is 12.1 Å². The van der Waals surface area contributed by atoms with Crippen LogP contribution in [0.15, 0.2) is 11.0 Å². The number of aryl methyl sites for hydroxylation is 2. The van der Waals surface area contributed by atoms with Crippen molar-refractivity contribution >= 4 is 62.3 Å². The quantitative estimate of drug-likeness (QED) is 0.597. The third kappa shape index (κ3) is 3.32. The van der Waals surface area contributed by atoms with Crippen LogP contribution in [0.2, 0.25) is 15.1 Å². The molecule has 0 spiro atoms. The summed E-state index contributed by atoms with van der Waals surface area (Å²) in [4.78, 5) is 37.2. The molecule has 1 N–H and O–H groups in total. The van der Waals surface area contributed by atoms with Crippen LogP contribution in [0.25, 0.3) is 10.2 Å². The third-order valence-corrected chi connectivity index (χ3v) is 6.18. The van der Waals surface area contributed by atoms with Gasteiger partial charge in [0, 0.05) is 11.1 Å². The largest absolute Gasteiger partial charge is 0.450 e. The standard InChI is InChI=1S/C16H12Cl3N3O3S/c1-5-7(3)26-15-9(5)14(23)21-13(22-15)6(2)25-16(24)12-11(19)10(18)8(17)4-20-12/h4,6H,1-3H3,(H,21,22,23)/t6-/m0/s1. The van der Waals surface area contributed by atoms with Gasteiger partial charge in [-0.1, -0.05) is 34.8 Å². The lowest BCUT2D eigenvalue weighted by atomic mass is 10.2. The number of nitrogens with zero attached hydrogens (tertiary/aromatic N) is 2. The van der Waals surface area contributed by atoms with Gasteiger partial charge < -0.3 is 9.72 Å². The summed E-state index contributed by atoms with van der Waals surface area (Å²) in [6, 6.07) is 0. The van der Waals surface area contributed by atoms with Crippen LogP contribution in [0, 0.1) is 13.8 Å². The highest BCUT2D eigenvalue weighted by molar-refractivity contribution is 7.18. The first-order valence-electron chi connectivity index (χ1n) is 7.41. The first-order valence-corrected chi connectivity index (χ1v) is 9.36. The van der Waals surface area contributed by atoms with E-state index in [4.69, 9.17) is 39.5 Å². The Labute approximate surface area is 167 Å². The molecule has 0 unspecified atom stereocenters. The van der Waals surface area contributed by atoms with Crippen molar-refractivity contribution in [1.29, 1.82) is 0 Å². The zero-order chi connectivity index (χ0) is 19.2. The van der Waals surface area contributed by atoms with Gasteiger partial charge in [-0.25, -0.2) is 14.8 Å². The lowest BCUT2D eigenvalue weighted by Crippen LogP contribution is -2.18. The van der Waals surface area contributed by atoms with Crippen LogP contribution in [-0.2, 0) is 4.74 Å². The highest BCUT2D eigenvalue weighted by Gasteiger charge is 2.23. The second-order valence-electron chi connectivity index (χ2n) is 5.54. The predicted molar refractivity (Wildman–Crippen MR) is 103 cm³/mol. The molecule has 0 aliphatic carbocycles. The van der Waals surface area contributed by atoms with E-state index in [1.165, 1.54) is 17.5 Å². The molecule has 0 aromatic carbocycles. The Balaban J connectivity index is 1.92.